The molecule has 1 rings (SSSR count). The molecule has 10 heavy (non-hydrogen) atoms. The van der Waals surface area contributed by atoms with Gasteiger partial charge in [0, 0.05) is 7.14 Å². The highest BCUT2D eigenvalue weighted by molar-refractivity contribution is 14.1. The van der Waals surface area contributed by atoms with Crippen LogP contribution in [0.4, 0.5) is 5.69 Å². The van der Waals surface area contributed by atoms with Gasteiger partial charge in [-0.3, -0.25) is 0 Å². The largest absolute Gasteiger partial charge is 0.145 e. The third-order valence-corrected chi connectivity index (χ3v) is 2.20. The van der Waals surface area contributed by atoms with E-state index in [0.717, 1.165) is 7.14 Å². The van der Waals surface area contributed by atoms with Gasteiger partial charge in [-0.15, -0.1) is 4.91 Å². The molecule has 2 nitrogen and oxygen atoms in total. The monoisotopic (exact) mass is 359 g/mol. The van der Waals surface area contributed by atoms with Crippen LogP contribution in [-0.2, 0) is 0 Å². The SMILES string of the molecule is O=Nc1cc(I)cc(I)c1. The van der Waals surface area contributed by atoms with Gasteiger partial charge in [0.1, 0.15) is 5.69 Å². The molecule has 52 valence electrons. The fourth-order valence-corrected chi connectivity index (χ4v) is 2.50. The number of nitroso groups, excluding NO2 is 1. The van der Waals surface area contributed by atoms with Crippen molar-refractivity contribution in [2.45, 2.75) is 0 Å². The van der Waals surface area contributed by atoms with Gasteiger partial charge in [-0.2, -0.15) is 0 Å². The van der Waals surface area contributed by atoms with Crippen LogP contribution in [0.2, 0.25) is 0 Å². The molecule has 1 aromatic carbocycles. The second-order valence-corrected chi connectivity index (χ2v) is 4.21. The van der Waals surface area contributed by atoms with Crippen molar-refractivity contribution in [3.63, 3.8) is 0 Å². The highest BCUT2D eigenvalue weighted by atomic mass is 127. The van der Waals surface area contributed by atoms with Gasteiger partial charge in [-0.25, -0.2) is 0 Å². The highest BCUT2D eigenvalue weighted by Gasteiger charge is 1.95. The van der Waals surface area contributed by atoms with E-state index in [1.807, 2.05) is 6.07 Å². The van der Waals surface area contributed by atoms with Crippen molar-refractivity contribution in [3.8, 4) is 0 Å². The number of halogens is 2. The molecule has 0 aliphatic heterocycles. The molecule has 0 aliphatic carbocycles. The topological polar surface area (TPSA) is 29.4 Å². The molecule has 0 saturated heterocycles. The summed E-state index contributed by atoms with van der Waals surface area (Å²) in [6.07, 6.45) is 0. The molecule has 0 aromatic heterocycles. The smallest absolute Gasteiger partial charge is 0.110 e. The van der Waals surface area contributed by atoms with E-state index in [0.29, 0.717) is 5.69 Å². The zero-order valence-electron chi connectivity index (χ0n) is 4.84. The van der Waals surface area contributed by atoms with Gasteiger partial charge in [0.2, 0.25) is 0 Å². The molecule has 0 heterocycles. The first-order valence-corrected chi connectivity index (χ1v) is 4.67. The third-order valence-electron chi connectivity index (χ3n) is 0.953. The Morgan fingerprint density at radius 2 is 1.60 bits per heavy atom. The Bertz CT molecular complexity index is 242. The number of hydrogen-bond acceptors (Lipinski definition) is 2. The minimum absolute atomic E-state index is 0.497. The molecule has 0 fully saturated rings. The molecule has 0 aliphatic rings. The summed E-state index contributed by atoms with van der Waals surface area (Å²) in [7, 11) is 0. The van der Waals surface area contributed by atoms with E-state index >= 15 is 0 Å². The van der Waals surface area contributed by atoms with Crippen LogP contribution in [0.5, 0.6) is 0 Å². The molecule has 0 N–H and O–H groups in total. The first-order valence-electron chi connectivity index (χ1n) is 2.52. The summed E-state index contributed by atoms with van der Waals surface area (Å²) in [5.74, 6) is 0. The molecule has 0 unspecified atom stereocenters. The van der Waals surface area contributed by atoms with Crippen molar-refractivity contribution in [2.24, 2.45) is 5.18 Å². The van der Waals surface area contributed by atoms with Crippen molar-refractivity contribution >= 4 is 50.9 Å². The summed E-state index contributed by atoms with van der Waals surface area (Å²) in [5, 5.41) is 2.83. The van der Waals surface area contributed by atoms with Gasteiger partial charge in [-0.1, -0.05) is 0 Å². The molecule has 0 radical (unpaired) electrons. The lowest BCUT2D eigenvalue weighted by Gasteiger charge is -1.92. The predicted octanol–water partition coefficient (Wildman–Crippen LogP) is 3.29. The number of nitrogens with zero attached hydrogens (tertiary/aromatic N) is 1. The van der Waals surface area contributed by atoms with Crippen molar-refractivity contribution in [2.75, 3.05) is 0 Å². The van der Waals surface area contributed by atoms with Gasteiger partial charge in [0.05, 0.1) is 0 Å². The third kappa shape index (κ3) is 2.15. The minimum atomic E-state index is 0.497. The van der Waals surface area contributed by atoms with Gasteiger partial charge in [0.15, 0.2) is 0 Å². The quantitative estimate of drug-likeness (QED) is 0.559. The number of benzene rings is 1. The van der Waals surface area contributed by atoms with Crippen LogP contribution < -0.4 is 0 Å². The lowest BCUT2D eigenvalue weighted by molar-refractivity contribution is 1.46. The van der Waals surface area contributed by atoms with E-state index in [4.69, 9.17) is 0 Å². The lowest BCUT2D eigenvalue weighted by atomic mass is 10.3. The van der Waals surface area contributed by atoms with Crippen LogP contribution in [-0.4, -0.2) is 0 Å². The Labute approximate surface area is 85.6 Å². The molecule has 0 saturated carbocycles. The van der Waals surface area contributed by atoms with Gasteiger partial charge in [0.25, 0.3) is 0 Å². The molecule has 0 atom stereocenters. The Balaban J connectivity index is 3.18. The van der Waals surface area contributed by atoms with Crippen molar-refractivity contribution < 1.29 is 0 Å². The van der Waals surface area contributed by atoms with Crippen molar-refractivity contribution in [1.29, 1.82) is 0 Å². The van der Waals surface area contributed by atoms with Gasteiger partial charge in [-0.05, 0) is 68.6 Å². The Morgan fingerprint density at radius 1 is 1.10 bits per heavy atom. The maximum absolute atomic E-state index is 10.1. The molecule has 4 heteroatoms. The first kappa shape index (κ1) is 8.38. The standard InChI is InChI=1S/C6H3I2NO/c7-4-1-5(8)3-6(2-4)9-10/h1-3H. The second kappa shape index (κ2) is 3.61. The maximum Gasteiger partial charge on any atom is 0.110 e. The summed E-state index contributed by atoms with van der Waals surface area (Å²) in [4.78, 5) is 10.1. The molecular weight excluding hydrogens is 356 g/mol. The predicted molar refractivity (Wildman–Crippen MR) is 57.3 cm³/mol. The Kier molecular flexibility index (Phi) is 3.02. The normalized spacial score (nSPS) is 9.40. The summed E-state index contributed by atoms with van der Waals surface area (Å²) in [6, 6.07) is 5.47. The van der Waals surface area contributed by atoms with Crippen molar-refractivity contribution in [1.82, 2.24) is 0 Å². The van der Waals surface area contributed by atoms with Gasteiger partial charge >= 0.3 is 0 Å². The Morgan fingerprint density at radius 3 is 2.00 bits per heavy atom. The van der Waals surface area contributed by atoms with Crippen LogP contribution in [0, 0.1) is 12.0 Å². The fourth-order valence-electron chi connectivity index (χ4n) is 0.592. The van der Waals surface area contributed by atoms with E-state index in [1.54, 1.807) is 12.1 Å². The van der Waals surface area contributed by atoms with Crippen LogP contribution in [0.3, 0.4) is 0 Å². The van der Waals surface area contributed by atoms with Crippen LogP contribution in [0.1, 0.15) is 0 Å². The Hall–Kier alpha value is 0.280. The summed E-state index contributed by atoms with van der Waals surface area (Å²) >= 11 is 4.30. The van der Waals surface area contributed by atoms with E-state index in [9.17, 15) is 4.91 Å². The second-order valence-electron chi connectivity index (χ2n) is 1.72. The zero-order chi connectivity index (χ0) is 7.56. The first-order chi connectivity index (χ1) is 4.72. The minimum Gasteiger partial charge on any atom is -0.145 e. The van der Waals surface area contributed by atoms with Gasteiger partial charge < -0.3 is 0 Å². The molecule has 1 aromatic rings. The lowest BCUT2D eigenvalue weighted by Crippen LogP contribution is -1.73. The summed E-state index contributed by atoms with van der Waals surface area (Å²) in [5.41, 5.74) is 0.497. The van der Waals surface area contributed by atoms with E-state index in [1.165, 1.54) is 0 Å². The van der Waals surface area contributed by atoms with E-state index in [-0.39, 0.29) is 0 Å². The summed E-state index contributed by atoms with van der Waals surface area (Å²) < 4.78 is 2.08. The van der Waals surface area contributed by atoms with Crippen molar-refractivity contribution in [3.05, 3.63) is 30.2 Å². The average molecular weight is 359 g/mol. The fraction of sp³-hybridized carbons (Fsp3) is 0. The van der Waals surface area contributed by atoms with E-state index in [2.05, 4.69) is 50.4 Å². The number of hydrogen-bond donors (Lipinski definition) is 0. The zero-order valence-corrected chi connectivity index (χ0v) is 9.16. The van der Waals surface area contributed by atoms with Crippen LogP contribution in [0.15, 0.2) is 23.4 Å². The molecule has 0 bridgehead atoms. The molecular formula is C6H3I2NO. The average Bonchev–Trinajstić information content (AvgIpc) is 1.85. The van der Waals surface area contributed by atoms with Crippen LogP contribution >= 0.6 is 45.2 Å². The summed E-state index contributed by atoms with van der Waals surface area (Å²) in [6.45, 7) is 0. The van der Waals surface area contributed by atoms with E-state index < -0.39 is 0 Å². The maximum atomic E-state index is 10.1. The highest BCUT2D eigenvalue weighted by Crippen LogP contribution is 2.19. The van der Waals surface area contributed by atoms with Crippen LogP contribution in [0.25, 0.3) is 0 Å². The molecule has 0 spiro atoms. The molecule has 0 amide bonds. The number of rotatable bonds is 1.